The average Bonchev–Trinajstić information content (AvgIpc) is 2.52. The summed E-state index contributed by atoms with van der Waals surface area (Å²) < 4.78 is 0. The highest BCUT2D eigenvalue weighted by Gasteiger charge is 2.34. The van der Waals surface area contributed by atoms with Gasteiger partial charge in [0.05, 0.1) is 6.61 Å². The Morgan fingerprint density at radius 3 is 2.52 bits per heavy atom. The molecule has 0 aromatic heterocycles. The van der Waals surface area contributed by atoms with Crippen molar-refractivity contribution in [3.8, 4) is 0 Å². The van der Waals surface area contributed by atoms with Crippen LogP contribution >= 0.6 is 0 Å². The van der Waals surface area contributed by atoms with Crippen molar-refractivity contribution < 1.29 is 14.7 Å². The number of fused-ring (bicyclic) bond motifs is 1. The number of carbonyl (C=O) groups excluding carboxylic acids is 2. The first-order chi connectivity index (χ1) is 10.9. The molecule has 2 atom stereocenters. The molecule has 1 heterocycles. The highest BCUT2D eigenvalue weighted by molar-refractivity contribution is 5.88. The maximum atomic E-state index is 12.6. The molecule has 2 amide bonds. The van der Waals surface area contributed by atoms with Gasteiger partial charge in [-0.15, -0.1) is 0 Å². The summed E-state index contributed by atoms with van der Waals surface area (Å²) in [4.78, 5) is 26.8. The van der Waals surface area contributed by atoms with Crippen molar-refractivity contribution in [3.63, 3.8) is 0 Å². The molecule has 0 saturated heterocycles. The number of hydrogen-bond acceptors (Lipinski definition) is 3. The maximum absolute atomic E-state index is 12.6. The lowest BCUT2D eigenvalue weighted by molar-refractivity contribution is -0.142. The summed E-state index contributed by atoms with van der Waals surface area (Å²) in [7, 11) is 0. The lowest BCUT2D eigenvalue weighted by Crippen LogP contribution is -2.54. The quantitative estimate of drug-likeness (QED) is 0.864. The average molecular weight is 318 g/mol. The first-order valence-corrected chi connectivity index (χ1v) is 8.19. The number of amides is 2. The standard InChI is InChI=1S/C18H26N2O3/c1-12(2)8-17(22)20-10-15-7-5-4-6-14(15)9-16(20)18(23)19-13(3)11-21/h4-7,12-13,16,21H,8-11H2,1-3H3,(H,19,23). The fraction of sp³-hybridized carbons (Fsp3) is 0.556. The van der Waals surface area contributed by atoms with Gasteiger partial charge in [0.15, 0.2) is 0 Å². The van der Waals surface area contributed by atoms with E-state index in [0.29, 0.717) is 19.4 Å². The smallest absolute Gasteiger partial charge is 0.243 e. The van der Waals surface area contributed by atoms with Gasteiger partial charge in [-0.2, -0.15) is 0 Å². The van der Waals surface area contributed by atoms with E-state index in [-0.39, 0.29) is 30.4 Å². The summed E-state index contributed by atoms with van der Waals surface area (Å²) >= 11 is 0. The number of nitrogens with one attached hydrogen (secondary N) is 1. The molecule has 23 heavy (non-hydrogen) atoms. The van der Waals surface area contributed by atoms with E-state index in [4.69, 9.17) is 5.11 Å². The summed E-state index contributed by atoms with van der Waals surface area (Å²) in [6, 6.07) is 7.10. The summed E-state index contributed by atoms with van der Waals surface area (Å²) in [6.45, 7) is 6.09. The van der Waals surface area contributed by atoms with Crippen molar-refractivity contribution in [2.45, 2.75) is 52.2 Å². The van der Waals surface area contributed by atoms with Crippen molar-refractivity contribution in [2.75, 3.05) is 6.61 Å². The fourth-order valence-electron chi connectivity index (χ4n) is 2.87. The zero-order chi connectivity index (χ0) is 17.0. The van der Waals surface area contributed by atoms with Crippen molar-refractivity contribution in [3.05, 3.63) is 35.4 Å². The molecule has 126 valence electrons. The van der Waals surface area contributed by atoms with E-state index in [2.05, 4.69) is 5.32 Å². The Morgan fingerprint density at radius 1 is 1.26 bits per heavy atom. The molecule has 2 rings (SSSR count). The minimum atomic E-state index is -0.509. The van der Waals surface area contributed by atoms with Crippen LogP contribution in [0.1, 0.15) is 38.3 Å². The third-order valence-electron chi connectivity index (χ3n) is 4.12. The molecule has 5 heteroatoms. The van der Waals surface area contributed by atoms with E-state index < -0.39 is 6.04 Å². The number of benzene rings is 1. The molecule has 0 fully saturated rings. The van der Waals surface area contributed by atoms with Crippen LogP contribution in [-0.2, 0) is 22.6 Å². The Kier molecular flexibility index (Phi) is 5.77. The Labute approximate surface area is 137 Å². The second-order valence-electron chi connectivity index (χ2n) is 6.70. The van der Waals surface area contributed by atoms with Gasteiger partial charge in [0.1, 0.15) is 6.04 Å². The second-order valence-corrected chi connectivity index (χ2v) is 6.70. The van der Waals surface area contributed by atoms with Gasteiger partial charge < -0.3 is 15.3 Å². The van der Waals surface area contributed by atoms with Gasteiger partial charge in [-0.25, -0.2) is 0 Å². The van der Waals surface area contributed by atoms with Gasteiger partial charge in [-0.05, 0) is 24.0 Å². The largest absolute Gasteiger partial charge is 0.394 e. The lowest BCUT2D eigenvalue weighted by Gasteiger charge is -2.37. The third-order valence-corrected chi connectivity index (χ3v) is 4.12. The van der Waals surface area contributed by atoms with Crippen LogP contribution in [0.4, 0.5) is 0 Å². The van der Waals surface area contributed by atoms with E-state index >= 15 is 0 Å². The van der Waals surface area contributed by atoms with E-state index in [1.165, 1.54) is 0 Å². The van der Waals surface area contributed by atoms with Gasteiger partial charge in [0.25, 0.3) is 0 Å². The van der Waals surface area contributed by atoms with E-state index in [9.17, 15) is 9.59 Å². The Balaban J connectivity index is 2.24. The highest BCUT2D eigenvalue weighted by Crippen LogP contribution is 2.25. The summed E-state index contributed by atoms with van der Waals surface area (Å²) in [5, 5.41) is 11.9. The Morgan fingerprint density at radius 2 is 1.91 bits per heavy atom. The summed E-state index contributed by atoms with van der Waals surface area (Å²) in [5.74, 6) is 0.0595. The molecule has 0 radical (unpaired) electrons. The molecule has 1 aliphatic rings. The topological polar surface area (TPSA) is 69.6 Å². The number of rotatable bonds is 5. The zero-order valence-corrected chi connectivity index (χ0v) is 14.1. The number of aliphatic hydroxyl groups is 1. The van der Waals surface area contributed by atoms with E-state index in [0.717, 1.165) is 11.1 Å². The van der Waals surface area contributed by atoms with Crippen LogP contribution in [0.3, 0.4) is 0 Å². The molecule has 2 N–H and O–H groups in total. The Bertz CT molecular complexity index is 571. The normalized spacial score (nSPS) is 18.5. The van der Waals surface area contributed by atoms with Crippen molar-refractivity contribution in [1.82, 2.24) is 10.2 Å². The lowest BCUT2D eigenvalue weighted by atomic mass is 9.92. The number of hydrogen-bond donors (Lipinski definition) is 2. The van der Waals surface area contributed by atoms with Crippen LogP contribution in [0.25, 0.3) is 0 Å². The minimum Gasteiger partial charge on any atom is -0.394 e. The van der Waals surface area contributed by atoms with Crippen LogP contribution in [0.5, 0.6) is 0 Å². The zero-order valence-electron chi connectivity index (χ0n) is 14.1. The SMILES string of the molecule is CC(C)CC(=O)N1Cc2ccccc2CC1C(=O)NC(C)CO. The first kappa shape index (κ1) is 17.5. The van der Waals surface area contributed by atoms with Crippen LogP contribution in [0.15, 0.2) is 24.3 Å². The molecule has 5 nitrogen and oxygen atoms in total. The molecule has 0 spiro atoms. The van der Waals surface area contributed by atoms with E-state index in [1.807, 2.05) is 38.1 Å². The van der Waals surface area contributed by atoms with Crippen LogP contribution in [0, 0.1) is 5.92 Å². The van der Waals surface area contributed by atoms with Crippen LogP contribution < -0.4 is 5.32 Å². The molecule has 2 unspecified atom stereocenters. The number of nitrogens with zero attached hydrogens (tertiary/aromatic N) is 1. The number of carbonyl (C=O) groups is 2. The first-order valence-electron chi connectivity index (χ1n) is 8.19. The third kappa shape index (κ3) is 4.32. The summed E-state index contributed by atoms with van der Waals surface area (Å²) in [5.41, 5.74) is 2.21. The molecule has 1 aliphatic heterocycles. The van der Waals surface area contributed by atoms with Gasteiger partial charge in [0.2, 0.25) is 11.8 Å². The van der Waals surface area contributed by atoms with Gasteiger partial charge in [-0.1, -0.05) is 38.1 Å². The molecule has 1 aromatic carbocycles. The predicted molar refractivity (Wildman–Crippen MR) is 88.6 cm³/mol. The van der Waals surface area contributed by atoms with Crippen LogP contribution in [0.2, 0.25) is 0 Å². The highest BCUT2D eigenvalue weighted by atomic mass is 16.3. The maximum Gasteiger partial charge on any atom is 0.243 e. The van der Waals surface area contributed by atoms with Gasteiger partial charge in [-0.3, -0.25) is 9.59 Å². The molecule has 1 aromatic rings. The van der Waals surface area contributed by atoms with Gasteiger partial charge >= 0.3 is 0 Å². The Hall–Kier alpha value is -1.88. The monoisotopic (exact) mass is 318 g/mol. The molecular weight excluding hydrogens is 292 g/mol. The molecular formula is C18H26N2O3. The van der Waals surface area contributed by atoms with Gasteiger partial charge in [0, 0.05) is 25.4 Å². The van der Waals surface area contributed by atoms with Crippen molar-refractivity contribution in [2.24, 2.45) is 5.92 Å². The van der Waals surface area contributed by atoms with E-state index in [1.54, 1.807) is 11.8 Å². The van der Waals surface area contributed by atoms with Crippen molar-refractivity contribution in [1.29, 1.82) is 0 Å². The molecule has 0 aliphatic carbocycles. The second kappa shape index (κ2) is 7.59. The van der Waals surface area contributed by atoms with Crippen LogP contribution in [-0.4, -0.2) is 40.5 Å². The fourth-order valence-corrected chi connectivity index (χ4v) is 2.87. The molecule has 0 saturated carbocycles. The van der Waals surface area contributed by atoms with Crippen molar-refractivity contribution >= 4 is 11.8 Å². The molecule has 0 bridgehead atoms. The predicted octanol–water partition coefficient (Wildman–Crippen LogP) is 1.48. The number of aliphatic hydroxyl groups excluding tert-OH is 1. The summed E-state index contributed by atoms with van der Waals surface area (Å²) in [6.07, 6.45) is 0.950. The minimum absolute atomic E-state index is 0.00584.